The molecule has 0 aliphatic carbocycles. The van der Waals surface area contributed by atoms with Gasteiger partial charge in [0.05, 0.1) is 5.84 Å². The number of aliphatic imine (C=N–C) groups is 1. The number of rotatable bonds is 5. The molecule has 0 heterocycles. The van der Waals surface area contributed by atoms with E-state index < -0.39 is 0 Å². The second-order valence-corrected chi connectivity index (χ2v) is 5.62. The van der Waals surface area contributed by atoms with Crippen LogP contribution in [0.2, 0.25) is 0 Å². The number of allylic oxidation sites excluding steroid dienone is 2. The molecular formula is C20H24N2. The Bertz CT molecular complexity index is 648. The molecule has 0 saturated carbocycles. The van der Waals surface area contributed by atoms with Gasteiger partial charge in [-0.15, -0.1) is 0 Å². The molecule has 1 unspecified atom stereocenters. The second-order valence-electron chi connectivity index (χ2n) is 5.62. The monoisotopic (exact) mass is 292 g/mol. The van der Waals surface area contributed by atoms with Gasteiger partial charge in [-0.25, -0.2) is 4.99 Å². The molecular weight excluding hydrogens is 268 g/mol. The van der Waals surface area contributed by atoms with Crippen molar-refractivity contribution < 1.29 is 0 Å². The summed E-state index contributed by atoms with van der Waals surface area (Å²) in [5, 5.41) is 0. The van der Waals surface area contributed by atoms with E-state index in [2.05, 4.69) is 66.5 Å². The fraction of sp³-hybridized carbons (Fsp3) is 0.250. The van der Waals surface area contributed by atoms with Crippen LogP contribution >= 0.6 is 0 Å². The van der Waals surface area contributed by atoms with Crippen LogP contribution in [-0.4, -0.2) is 5.84 Å². The van der Waals surface area contributed by atoms with Crippen LogP contribution in [0.25, 0.3) is 0 Å². The first-order chi connectivity index (χ1) is 10.6. The molecule has 0 radical (unpaired) electrons. The van der Waals surface area contributed by atoms with E-state index in [1.54, 1.807) is 0 Å². The van der Waals surface area contributed by atoms with E-state index in [-0.39, 0.29) is 5.92 Å². The normalized spacial score (nSPS) is 14.0. The summed E-state index contributed by atoms with van der Waals surface area (Å²) < 4.78 is 0. The van der Waals surface area contributed by atoms with Crippen molar-refractivity contribution in [2.75, 3.05) is 0 Å². The molecule has 0 aliphatic heterocycles. The molecule has 22 heavy (non-hydrogen) atoms. The highest BCUT2D eigenvalue weighted by Gasteiger charge is 2.17. The van der Waals surface area contributed by atoms with Gasteiger partial charge in [0.1, 0.15) is 0 Å². The van der Waals surface area contributed by atoms with Gasteiger partial charge in [-0.3, -0.25) is 0 Å². The first kappa shape index (κ1) is 16.0. The second kappa shape index (κ2) is 7.60. The number of hydrogen-bond donors (Lipinski definition) is 1. The topological polar surface area (TPSA) is 38.4 Å². The van der Waals surface area contributed by atoms with E-state index in [4.69, 9.17) is 5.73 Å². The van der Waals surface area contributed by atoms with Gasteiger partial charge in [0.15, 0.2) is 0 Å². The van der Waals surface area contributed by atoms with Gasteiger partial charge in [0.2, 0.25) is 0 Å². The molecule has 2 heteroatoms. The standard InChI is InChI=1S/C20H24N2/c1-4-20(22-16(3)21)19(14-17-8-6-5-7-9-17)18-12-10-15(2)11-13-18/h4-13,19H,14H2,1-3H3,(H2,21,22)/b20-4-. The predicted molar refractivity (Wildman–Crippen MR) is 95.1 cm³/mol. The molecule has 2 N–H and O–H groups in total. The van der Waals surface area contributed by atoms with Gasteiger partial charge >= 0.3 is 0 Å². The summed E-state index contributed by atoms with van der Waals surface area (Å²) in [5.41, 5.74) is 10.7. The molecule has 2 aromatic rings. The van der Waals surface area contributed by atoms with E-state index >= 15 is 0 Å². The highest BCUT2D eigenvalue weighted by atomic mass is 14.9. The third kappa shape index (κ3) is 4.32. The highest BCUT2D eigenvalue weighted by Crippen LogP contribution is 2.29. The van der Waals surface area contributed by atoms with Crippen molar-refractivity contribution in [1.29, 1.82) is 0 Å². The third-order valence-electron chi connectivity index (χ3n) is 3.72. The summed E-state index contributed by atoms with van der Waals surface area (Å²) in [7, 11) is 0. The van der Waals surface area contributed by atoms with Crippen molar-refractivity contribution in [3.05, 3.63) is 83.1 Å². The zero-order valence-corrected chi connectivity index (χ0v) is 13.6. The molecule has 0 fully saturated rings. The summed E-state index contributed by atoms with van der Waals surface area (Å²) in [5.74, 6) is 0.810. The number of amidine groups is 1. The lowest BCUT2D eigenvalue weighted by atomic mass is 9.88. The van der Waals surface area contributed by atoms with Crippen LogP contribution in [-0.2, 0) is 6.42 Å². The van der Waals surface area contributed by atoms with Gasteiger partial charge < -0.3 is 5.73 Å². The zero-order chi connectivity index (χ0) is 15.9. The van der Waals surface area contributed by atoms with E-state index in [0.29, 0.717) is 5.84 Å². The third-order valence-corrected chi connectivity index (χ3v) is 3.72. The van der Waals surface area contributed by atoms with Gasteiger partial charge in [-0.2, -0.15) is 0 Å². The van der Waals surface area contributed by atoms with E-state index in [0.717, 1.165) is 12.1 Å². The minimum atomic E-state index is 0.214. The fourth-order valence-electron chi connectivity index (χ4n) is 2.59. The number of nitrogens with zero attached hydrogens (tertiary/aromatic N) is 1. The molecule has 0 aliphatic rings. The Morgan fingerprint density at radius 1 is 1.09 bits per heavy atom. The molecule has 0 saturated heterocycles. The Morgan fingerprint density at radius 3 is 2.27 bits per heavy atom. The summed E-state index contributed by atoms with van der Waals surface area (Å²) >= 11 is 0. The molecule has 2 nitrogen and oxygen atoms in total. The van der Waals surface area contributed by atoms with Crippen molar-refractivity contribution in [1.82, 2.24) is 0 Å². The van der Waals surface area contributed by atoms with Crippen molar-refractivity contribution in [2.45, 2.75) is 33.1 Å². The summed E-state index contributed by atoms with van der Waals surface area (Å²) in [6, 6.07) is 19.2. The lowest BCUT2D eigenvalue weighted by Crippen LogP contribution is -2.11. The maximum Gasteiger partial charge on any atom is 0.0961 e. The lowest BCUT2D eigenvalue weighted by molar-refractivity contribution is 0.773. The quantitative estimate of drug-likeness (QED) is 0.634. The molecule has 0 spiro atoms. The number of aryl methyl sites for hydroxylation is 1. The van der Waals surface area contributed by atoms with Crippen LogP contribution in [0.5, 0.6) is 0 Å². The summed E-state index contributed by atoms with van der Waals surface area (Å²) in [6.07, 6.45) is 2.98. The highest BCUT2D eigenvalue weighted by molar-refractivity contribution is 5.78. The summed E-state index contributed by atoms with van der Waals surface area (Å²) in [4.78, 5) is 4.55. The molecule has 0 bridgehead atoms. The van der Waals surface area contributed by atoms with Crippen molar-refractivity contribution in [3.63, 3.8) is 0 Å². The first-order valence-electron chi connectivity index (χ1n) is 7.67. The van der Waals surface area contributed by atoms with Crippen molar-refractivity contribution >= 4 is 5.84 Å². The molecule has 1 atom stereocenters. The van der Waals surface area contributed by atoms with Crippen molar-refractivity contribution in [2.24, 2.45) is 10.7 Å². The Labute approximate surface area is 133 Å². The first-order valence-corrected chi connectivity index (χ1v) is 7.67. The maximum absolute atomic E-state index is 5.81. The zero-order valence-electron chi connectivity index (χ0n) is 13.6. The SMILES string of the molecule is C/C=C(\N=C(C)N)C(Cc1ccccc1)c1ccc(C)cc1. The molecule has 2 rings (SSSR count). The van der Waals surface area contributed by atoms with Gasteiger partial charge in [0.25, 0.3) is 0 Å². The molecule has 2 aromatic carbocycles. The van der Waals surface area contributed by atoms with E-state index in [1.807, 2.05) is 19.9 Å². The van der Waals surface area contributed by atoms with Crippen LogP contribution in [0, 0.1) is 6.92 Å². The minimum Gasteiger partial charge on any atom is -0.387 e. The number of hydrogen-bond acceptors (Lipinski definition) is 1. The fourth-order valence-corrected chi connectivity index (χ4v) is 2.59. The Hall–Kier alpha value is -2.35. The molecule has 114 valence electrons. The maximum atomic E-state index is 5.81. The van der Waals surface area contributed by atoms with E-state index in [1.165, 1.54) is 16.7 Å². The van der Waals surface area contributed by atoms with Crippen molar-refractivity contribution in [3.8, 4) is 0 Å². The van der Waals surface area contributed by atoms with Gasteiger partial charge in [-0.05, 0) is 38.3 Å². The average Bonchev–Trinajstić information content (AvgIpc) is 2.52. The van der Waals surface area contributed by atoms with Gasteiger partial charge in [-0.1, -0.05) is 66.2 Å². The van der Waals surface area contributed by atoms with Crippen LogP contribution in [0.1, 0.15) is 36.5 Å². The average molecular weight is 292 g/mol. The molecule has 0 amide bonds. The molecule has 0 aromatic heterocycles. The largest absolute Gasteiger partial charge is 0.387 e. The number of benzene rings is 2. The smallest absolute Gasteiger partial charge is 0.0961 e. The Morgan fingerprint density at radius 2 is 1.73 bits per heavy atom. The Balaban J connectivity index is 2.39. The van der Waals surface area contributed by atoms with Crippen LogP contribution in [0.3, 0.4) is 0 Å². The Kier molecular flexibility index (Phi) is 5.54. The van der Waals surface area contributed by atoms with Crippen LogP contribution in [0.4, 0.5) is 0 Å². The van der Waals surface area contributed by atoms with E-state index in [9.17, 15) is 0 Å². The van der Waals surface area contributed by atoms with Crippen LogP contribution in [0.15, 0.2) is 71.4 Å². The predicted octanol–water partition coefficient (Wildman–Crippen LogP) is 4.60. The lowest BCUT2D eigenvalue weighted by Gasteiger charge is -2.19. The van der Waals surface area contributed by atoms with Crippen LogP contribution < -0.4 is 5.73 Å². The van der Waals surface area contributed by atoms with Gasteiger partial charge in [0, 0.05) is 11.6 Å². The minimum absolute atomic E-state index is 0.214. The summed E-state index contributed by atoms with van der Waals surface area (Å²) in [6.45, 7) is 5.96. The number of nitrogens with two attached hydrogens (primary N) is 1.